The average Bonchev–Trinajstić information content (AvgIpc) is 2.05. The minimum absolute atomic E-state index is 0. The summed E-state index contributed by atoms with van der Waals surface area (Å²) in [6.45, 7) is 3.54. The first kappa shape index (κ1) is 15.9. The number of esters is 2. The van der Waals surface area contributed by atoms with Crippen molar-refractivity contribution in [2.45, 2.75) is 13.8 Å². The van der Waals surface area contributed by atoms with Crippen LogP contribution in [-0.2, 0) is 19.1 Å². The van der Waals surface area contributed by atoms with E-state index in [9.17, 15) is 9.59 Å². The average molecular weight is 212 g/mol. The number of carbonyl (C=O) groups excluding carboxylic acids is 2. The Hall–Kier alpha value is -0.520. The van der Waals surface area contributed by atoms with Crippen LogP contribution in [0.15, 0.2) is 11.8 Å². The van der Waals surface area contributed by atoms with E-state index in [1.165, 1.54) is 0 Å². The van der Waals surface area contributed by atoms with Crippen molar-refractivity contribution >= 4 is 41.5 Å². The quantitative estimate of drug-likeness (QED) is 0.305. The van der Waals surface area contributed by atoms with Gasteiger partial charge in [-0.05, 0) is 13.8 Å². The van der Waals surface area contributed by atoms with Gasteiger partial charge in [0, 0.05) is 0 Å². The van der Waals surface area contributed by atoms with Crippen LogP contribution < -0.4 is 0 Å². The molecular weight excluding hydrogens is 199 g/mol. The van der Waals surface area contributed by atoms with E-state index in [0.29, 0.717) is 6.08 Å². The molecule has 76 valence electrons. The third kappa shape index (κ3) is 6.94. The number of ether oxygens (including phenoxy) is 2. The van der Waals surface area contributed by atoms with E-state index in [4.69, 9.17) is 5.11 Å². The van der Waals surface area contributed by atoms with Gasteiger partial charge in [0.05, 0.1) is 19.3 Å². The van der Waals surface area contributed by atoms with E-state index in [1.54, 1.807) is 13.8 Å². The molecule has 0 saturated carbocycles. The number of hydrogen-bond acceptors (Lipinski definition) is 5. The van der Waals surface area contributed by atoms with Gasteiger partial charge in [-0.1, -0.05) is 0 Å². The second-order valence-corrected chi connectivity index (χ2v) is 2.00. The second-order valence-electron chi connectivity index (χ2n) is 2.00. The zero-order valence-corrected chi connectivity index (χ0v) is 7.57. The van der Waals surface area contributed by atoms with Crippen LogP contribution in [0, 0.1) is 0 Å². The molecule has 0 aromatic heterocycles. The van der Waals surface area contributed by atoms with Gasteiger partial charge in [-0.15, -0.1) is 0 Å². The first-order valence-corrected chi connectivity index (χ1v) is 3.86. The monoisotopic (exact) mass is 212 g/mol. The fourth-order valence-electron chi connectivity index (χ4n) is 0.560. The van der Waals surface area contributed by atoms with Crippen molar-refractivity contribution in [1.29, 1.82) is 0 Å². The molecule has 0 aromatic rings. The minimum atomic E-state index is -0.935. The Kier molecular flexibility index (Phi) is 10.3. The third-order valence-electron chi connectivity index (χ3n) is 1.03. The van der Waals surface area contributed by atoms with Gasteiger partial charge in [0.15, 0.2) is 0 Å². The Morgan fingerprint density at radius 3 is 2.14 bits per heavy atom. The molecule has 0 spiro atoms. The van der Waals surface area contributed by atoms with Crippen molar-refractivity contribution < 1.29 is 24.2 Å². The molecule has 0 aromatic carbocycles. The normalized spacial score (nSPS) is 10.0. The van der Waals surface area contributed by atoms with Crippen molar-refractivity contribution in [3.63, 3.8) is 0 Å². The van der Waals surface area contributed by atoms with Crippen molar-refractivity contribution in [2.75, 3.05) is 13.2 Å². The number of aliphatic hydroxyl groups excluding tert-OH is 1. The molecule has 0 aliphatic heterocycles. The van der Waals surface area contributed by atoms with Crippen molar-refractivity contribution in [3.05, 3.63) is 11.8 Å². The summed E-state index contributed by atoms with van der Waals surface area (Å²) in [5.41, 5.74) is 0. The Morgan fingerprint density at radius 2 is 1.71 bits per heavy atom. The van der Waals surface area contributed by atoms with Crippen molar-refractivity contribution in [1.82, 2.24) is 0 Å². The summed E-state index contributed by atoms with van der Waals surface area (Å²) in [4.78, 5) is 21.4. The van der Waals surface area contributed by atoms with Crippen LogP contribution in [-0.4, -0.2) is 59.8 Å². The molecule has 0 aliphatic rings. The number of aliphatic hydroxyl groups is 1. The molecule has 0 radical (unpaired) electrons. The molecule has 0 bridgehead atoms. The van der Waals surface area contributed by atoms with Crippen LogP contribution in [0.4, 0.5) is 0 Å². The van der Waals surface area contributed by atoms with Crippen molar-refractivity contribution in [3.8, 4) is 0 Å². The molecule has 14 heavy (non-hydrogen) atoms. The van der Waals surface area contributed by atoms with E-state index in [-0.39, 0.29) is 42.8 Å². The first-order valence-electron chi connectivity index (χ1n) is 3.86. The summed E-state index contributed by atoms with van der Waals surface area (Å²) in [6.07, 6.45) is 0.682. The van der Waals surface area contributed by atoms with Gasteiger partial charge < -0.3 is 14.6 Å². The summed E-state index contributed by atoms with van der Waals surface area (Å²) in [7, 11) is 0. The summed E-state index contributed by atoms with van der Waals surface area (Å²) in [6, 6.07) is 0. The SMILES string of the molecule is CCOC(=O)/C=C(\O)C(=O)OCC.[NaH]. The van der Waals surface area contributed by atoms with Crippen LogP contribution in [0.25, 0.3) is 0 Å². The van der Waals surface area contributed by atoms with E-state index in [2.05, 4.69) is 9.47 Å². The van der Waals surface area contributed by atoms with E-state index >= 15 is 0 Å². The molecular formula is C8H13NaO5. The predicted octanol–water partition coefficient (Wildman–Crippen LogP) is -0.0940. The first-order chi connectivity index (χ1) is 6.11. The zero-order valence-electron chi connectivity index (χ0n) is 7.57. The molecule has 0 unspecified atom stereocenters. The van der Waals surface area contributed by atoms with Gasteiger partial charge >= 0.3 is 41.5 Å². The maximum atomic E-state index is 10.7. The maximum absolute atomic E-state index is 10.7. The topological polar surface area (TPSA) is 72.8 Å². The Bertz CT molecular complexity index is 224. The molecule has 0 aliphatic carbocycles. The van der Waals surface area contributed by atoms with Crippen molar-refractivity contribution in [2.24, 2.45) is 0 Å². The summed E-state index contributed by atoms with van der Waals surface area (Å²) >= 11 is 0. The Morgan fingerprint density at radius 1 is 1.21 bits per heavy atom. The fraction of sp³-hybridized carbons (Fsp3) is 0.500. The third-order valence-corrected chi connectivity index (χ3v) is 1.03. The molecule has 0 heterocycles. The molecule has 0 atom stereocenters. The second kappa shape index (κ2) is 9.05. The number of carbonyl (C=O) groups is 2. The molecule has 6 heteroatoms. The van der Waals surface area contributed by atoms with Crippen LogP contribution in [0.5, 0.6) is 0 Å². The predicted molar refractivity (Wildman–Crippen MR) is 51.1 cm³/mol. The van der Waals surface area contributed by atoms with Crippen LogP contribution in [0.3, 0.4) is 0 Å². The molecule has 0 saturated heterocycles. The number of rotatable bonds is 4. The Labute approximate surface area is 104 Å². The fourth-order valence-corrected chi connectivity index (χ4v) is 0.560. The number of hydrogen-bond donors (Lipinski definition) is 1. The van der Waals surface area contributed by atoms with Gasteiger partial charge in [-0.25, -0.2) is 9.59 Å². The molecule has 0 amide bonds. The van der Waals surface area contributed by atoms with E-state index in [1.807, 2.05) is 0 Å². The summed E-state index contributed by atoms with van der Waals surface area (Å²) < 4.78 is 8.88. The van der Waals surface area contributed by atoms with E-state index in [0.717, 1.165) is 0 Å². The van der Waals surface area contributed by atoms with Gasteiger partial charge in [0.25, 0.3) is 0 Å². The standard InChI is InChI=1S/C8H12O5.Na.H/c1-3-12-7(10)5-6(9)8(11)13-4-2;;/h5,9H,3-4H2,1-2H3;;/b6-5-;;. The van der Waals surface area contributed by atoms with Gasteiger partial charge in [0.1, 0.15) is 0 Å². The van der Waals surface area contributed by atoms with Crippen LogP contribution in [0.2, 0.25) is 0 Å². The summed E-state index contributed by atoms with van der Waals surface area (Å²) in [5, 5.41) is 8.93. The van der Waals surface area contributed by atoms with Gasteiger partial charge in [-0.3, -0.25) is 0 Å². The zero-order chi connectivity index (χ0) is 10.3. The van der Waals surface area contributed by atoms with E-state index < -0.39 is 17.7 Å². The molecule has 0 fully saturated rings. The molecule has 0 rings (SSSR count). The molecule has 1 N–H and O–H groups in total. The van der Waals surface area contributed by atoms with Crippen LogP contribution in [0.1, 0.15) is 13.8 Å². The molecule has 5 nitrogen and oxygen atoms in total. The Balaban J connectivity index is 0. The van der Waals surface area contributed by atoms with Gasteiger partial charge in [0.2, 0.25) is 5.76 Å². The van der Waals surface area contributed by atoms with Gasteiger partial charge in [-0.2, -0.15) is 0 Å². The summed E-state index contributed by atoms with van der Waals surface area (Å²) in [5.74, 6) is -2.45. The van der Waals surface area contributed by atoms with Crippen LogP contribution >= 0.6 is 0 Å².